The quantitative estimate of drug-likeness (QED) is 0.839. The van der Waals surface area contributed by atoms with Gasteiger partial charge in [0.25, 0.3) is 0 Å². The van der Waals surface area contributed by atoms with Crippen LogP contribution in [0.2, 0.25) is 0 Å². The second-order valence-electron chi connectivity index (χ2n) is 5.54. The van der Waals surface area contributed by atoms with Crippen molar-refractivity contribution >= 4 is 11.6 Å². The zero-order valence-electron chi connectivity index (χ0n) is 12.1. The number of carbonyl (C=O) groups is 1. The van der Waals surface area contributed by atoms with E-state index < -0.39 is 0 Å². The molecule has 4 heteroatoms. The van der Waals surface area contributed by atoms with Crippen LogP contribution in [-0.4, -0.2) is 25.0 Å². The number of halogens is 1. The molecule has 1 N–H and O–H groups in total. The summed E-state index contributed by atoms with van der Waals surface area (Å²) >= 11 is 0. The van der Waals surface area contributed by atoms with E-state index in [0.29, 0.717) is 37.7 Å². The maximum absolute atomic E-state index is 13.4. The molecule has 108 valence electrons. The Morgan fingerprint density at radius 2 is 2.20 bits per heavy atom. The normalized spacial score (nSPS) is 14.6. The van der Waals surface area contributed by atoms with Gasteiger partial charge in [-0.3, -0.25) is 4.79 Å². The summed E-state index contributed by atoms with van der Waals surface area (Å²) in [6.07, 6.45) is 1.16. The largest absolute Gasteiger partial charge is 0.311 e. The molecule has 1 heterocycles. The molecule has 1 aliphatic rings. The Morgan fingerprint density at radius 3 is 2.90 bits per heavy atom. The number of hydrogen-bond donors (Lipinski definition) is 1. The van der Waals surface area contributed by atoms with Gasteiger partial charge in [-0.15, -0.1) is 0 Å². The first kappa shape index (κ1) is 14.7. The average molecular weight is 276 g/mol. The maximum Gasteiger partial charge on any atom is 0.227 e. The third-order valence-corrected chi connectivity index (χ3v) is 3.39. The Bertz CT molecular complexity index is 525. The molecule has 1 aromatic rings. The predicted molar refractivity (Wildman–Crippen MR) is 79.4 cm³/mol. The number of nitrogens with zero attached hydrogens (tertiary/aromatic N) is 1. The lowest BCUT2D eigenvalue weighted by Gasteiger charge is -2.30. The van der Waals surface area contributed by atoms with Crippen molar-refractivity contribution in [3.63, 3.8) is 0 Å². The molecule has 0 atom stereocenters. The van der Waals surface area contributed by atoms with E-state index >= 15 is 0 Å². The van der Waals surface area contributed by atoms with Crippen LogP contribution in [0.5, 0.6) is 0 Å². The van der Waals surface area contributed by atoms with E-state index in [1.54, 1.807) is 11.0 Å². The van der Waals surface area contributed by atoms with Gasteiger partial charge in [-0.25, -0.2) is 4.39 Å². The van der Waals surface area contributed by atoms with Crippen molar-refractivity contribution in [2.45, 2.75) is 32.7 Å². The lowest BCUT2D eigenvalue weighted by atomic mass is 10.0. The van der Waals surface area contributed by atoms with Gasteiger partial charge in [0, 0.05) is 25.6 Å². The average Bonchev–Trinajstić information content (AvgIpc) is 2.40. The van der Waals surface area contributed by atoms with Crippen molar-refractivity contribution in [2.75, 3.05) is 18.0 Å². The highest BCUT2D eigenvalue weighted by Crippen LogP contribution is 2.29. The summed E-state index contributed by atoms with van der Waals surface area (Å²) in [7, 11) is 0. The van der Waals surface area contributed by atoms with Crippen LogP contribution in [-0.2, 0) is 11.2 Å². The Morgan fingerprint density at radius 1 is 1.45 bits per heavy atom. The van der Waals surface area contributed by atoms with Crippen LogP contribution in [0.15, 0.2) is 30.4 Å². The molecule has 0 unspecified atom stereocenters. The molecule has 2 rings (SSSR count). The summed E-state index contributed by atoms with van der Waals surface area (Å²) in [6.45, 7) is 9.22. The molecule has 0 aliphatic carbocycles. The number of carbonyl (C=O) groups excluding carboxylic acids is 1. The molecule has 1 aliphatic heterocycles. The number of anilines is 1. The van der Waals surface area contributed by atoms with Crippen LogP contribution in [0.4, 0.5) is 10.1 Å². The number of benzene rings is 1. The minimum Gasteiger partial charge on any atom is -0.311 e. The fourth-order valence-corrected chi connectivity index (χ4v) is 2.31. The fraction of sp³-hybridized carbons (Fsp3) is 0.438. The molecule has 0 radical (unpaired) electrons. The molecule has 0 saturated carbocycles. The third-order valence-electron chi connectivity index (χ3n) is 3.39. The second kappa shape index (κ2) is 6.18. The van der Waals surface area contributed by atoms with Gasteiger partial charge in [-0.1, -0.05) is 26.5 Å². The Balaban J connectivity index is 2.13. The van der Waals surface area contributed by atoms with Crippen LogP contribution in [0.3, 0.4) is 0 Å². The lowest BCUT2D eigenvalue weighted by molar-refractivity contribution is -0.118. The summed E-state index contributed by atoms with van der Waals surface area (Å²) in [5.74, 6) is -0.275. The van der Waals surface area contributed by atoms with Crippen LogP contribution >= 0.6 is 0 Å². The highest BCUT2D eigenvalue weighted by Gasteiger charge is 2.24. The van der Waals surface area contributed by atoms with Gasteiger partial charge >= 0.3 is 0 Å². The molecule has 1 amide bonds. The van der Waals surface area contributed by atoms with Gasteiger partial charge in [0.1, 0.15) is 5.82 Å². The van der Waals surface area contributed by atoms with E-state index in [1.807, 2.05) is 0 Å². The molecule has 0 saturated heterocycles. The first-order valence-electron chi connectivity index (χ1n) is 6.96. The summed E-state index contributed by atoms with van der Waals surface area (Å²) in [6, 6.07) is 5.02. The minimum atomic E-state index is -0.311. The zero-order valence-corrected chi connectivity index (χ0v) is 12.1. The number of amides is 1. The van der Waals surface area contributed by atoms with E-state index in [9.17, 15) is 9.18 Å². The van der Waals surface area contributed by atoms with Crippen LogP contribution in [0, 0.1) is 5.82 Å². The lowest BCUT2D eigenvalue weighted by Crippen LogP contribution is -2.38. The van der Waals surface area contributed by atoms with E-state index in [0.717, 1.165) is 11.1 Å². The highest BCUT2D eigenvalue weighted by atomic mass is 19.1. The third kappa shape index (κ3) is 3.45. The van der Waals surface area contributed by atoms with Crippen molar-refractivity contribution in [1.29, 1.82) is 0 Å². The van der Waals surface area contributed by atoms with Crippen molar-refractivity contribution < 1.29 is 9.18 Å². The smallest absolute Gasteiger partial charge is 0.227 e. The van der Waals surface area contributed by atoms with Crippen molar-refractivity contribution in [3.05, 3.63) is 41.7 Å². The topological polar surface area (TPSA) is 32.3 Å². The van der Waals surface area contributed by atoms with Gasteiger partial charge < -0.3 is 10.2 Å². The Labute approximate surface area is 119 Å². The molecule has 0 fully saturated rings. The monoisotopic (exact) mass is 276 g/mol. The summed E-state index contributed by atoms with van der Waals surface area (Å²) < 4.78 is 13.4. The van der Waals surface area contributed by atoms with E-state index in [4.69, 9.17) is 0 Å². The van der Waals surface area contributed by atoms with Gasteiger partial charge in [0.15, 0.2) is 0 Å². The first-order valence-corrected chi connectivity index (χ1v) is 6.96. The molecule has 0 bridgehead atoms. The van der Waals surface area contributed by atoms with E-state index in [2.05, 4.69) is 25.7 Å². The highest BCUT2D eigenvalue weighted by molar-refractivity contribution is 5.96. The number of fused-ring (bicyclic) bond motifs is 1. The van der Waals surface area contributed by atoms with Crippen molar-refractivity contribution in [1.82, 2.24) is 5.32 Å². The number of nitrogens with one attached hydrogen (secondary N) is 1. The Hall–Kier alpha value is -1.68. The SMILES string of the molecule is C=C(CNC(C)C)CN1C(=O)CCc2ccc(F)cc21. The summed E-state index contributed by atoms with van der Waals surface area (Å²) in [5.41, 5.74) is 2.63. The van der Waals surface area contributed by atoms with Gasteiger partial charge in [-0.05, 0) is 29.7 Å². The second-order valence-corrected chi connectivity index (χ2v) is 5.54. The molecule has 1 aromatic carbocycles. The molecule has 0 spiro atoms. The van der Waals surface area contributed by atoms with Crippen LogP contribution in [0.1, 0.15) is 25.8 Å². The molecule has 20 heavy (non-hydrogen) atoms. The molecule has 3 nitrogen and oxygen atoms in total. The Kier molecular flexibility index (Phi) is 4.55. The van der Waals surface area contributed by atoms with E-state index in [1.165, 1.54) is 12.1 Å². The first-order chi connectivity index (χ1) is 9.47. The summed E-state index contributed by atoms with van der Waals surface area (Å²) in [4.78, 5) is 13.7. The summed E-state index contributed by atoms with van der Waals surface area (Å²) in [5, 5.41) is 3.27. The van der Waals surface area contributed by atoms with Crippen LogP contribution < -0.4 is 10.2 Å². The maximum atomic E-state index is 13.4. The van der Waals surface area contributed by atoms with Crippen molar-refractivity contribution in [3.8, 4) is 0 Å². The predicted octanol–water partition coefficient (Wildman–Crippen LogP) is 2.66. The minimum absolute atomic E-state index is 0.0359. The number of hydrogen-bond acceptors (Lipinski definition) is 2. The van der Waals surface area contributed by atoms with E-state index in [-0.39, 0.29) is 11.7 Å². The number of rotatable bonds is 5. The molecular formula is C16H21FN2O. The number of aryl methyl sites for hydroxylation is 1. The fourth-order valence-electron chi connectivity index (χ4n) is 2.31. The van der Waals surface area contributed by atoms with Gasteiger partial charge in [-0.2, -0.15) is 0 Å². The molecular weight excluding hydrogens is 255 g/mol. The zero-order chi connectivity index (χ0) is 14.7. The van der Waals surface area contributed by atoms with Crippen molar-refractivity contribution in [2.24, 2.45) is 0 Å². The standard InChI is InChI=1S/C16H21FN2O/c1-11(2)18-9-12(3)10-19-15-8-14(17)6-4-13(15)5-7-16(19)20/h4,6,8,11,18H,3,5,7,9-10H2,1-2H3. The van der Waals surface area contributed by atoms with Gasteiger partial charge in [0.2, 0.25) is 5.91 Å². The molecule has 0 aromatic heterocycles. The van der Waals surface area contributed by atoms with Crippen LogP contribution in [0.25, 0.3) is 0 Å². The van der Waals surface area contributed by atoms with Gasteiger partial charge in [0.05, 0.1) is 5.69 Å².